The van der Waals surface area contributed by atoms with Crippen molar-refractivity contribution in [3.63, 3.8) is 0 Å². The quantitative estimate of drug-likeness (QED) is 0.776. The van der Waals surface area contributed by atoms with Crippen molar-refractivity contribution in [3.8, 4) is 0 Å². The van der Waals surface area contributed by atoms with Gasteiger partial charge in [-0.25, -0.2) is 13.2 Å². The van der Waals surface area contributed by atoms with Gasteiger partial charge in [-0.15, -0.1) is 0 Å². The first-order valence-electron chi connectivity index (χ1n) is 6.89. The first-order chi connectivity index (χ1) is 11.7. The SMILES string of the molecule is CS(=O)(=O)c1ccccc1C(=O)OCC(=O)Nc1cc(Cl)cc(Cl)c1. The third kappa shape index (κ3) is 5.45. The maximum atomic E-state index is 12.1. The Bertz CT molecular complexity index is 908. The molecule has 2 rings (SSSR count). The fourth-order valence-electron chi connectivity index (χ4n) is 1.99. The zero-order valence-corrected chi connectivity index (χ0v) is 15.3. The smallest absolute Gasteiger partial charge is 0.339 e. The Labute approximate surface area is 154 Å². The summed E-state index contributed by atoms with van der Waals surface area (Å²) in [6.07, 6.45) is 0.981. The molecule has 0 saturated carbocycles. The standard InChI is InChI=1S/C16H13Cl2NO5S/c1-25(22,23)14-5-3-2-4-13(14)16(21)24-9-15(20)19-12-7-10(17)6-11(18)8-12/h2-8H,9H2,1H3,(H,19,20). The lowest BCUT2D eigenvalue weighted by Gasteiger charge is -2.09. The Morgan fingerprint density at radius 1 is 1.08 bits per heavy atom. The normalized spacial score (nSPS) is 11.0. The van der Waals surface area contributed by atoms with Gasteiger partial charge in [-0.3, -0.25) is 4.79 Å². The van der Waals surface area contributed by atoms with Gasteiger partial charge in [-0.2, -0.15) is 0 Å². The zero-order chi connectivity index (χ0) is 18.6. The molecule has 0 radical (unpaired) electrons. The first kappa shape index (κ1) is 19.2. The van der Waals surface area contributed by atoms with E-state index in [2.05, 4.69) is 5.32 Å². The minimum atomic E-state index is -3.61. The van der Waals surface area contributed by atoms with Crippen molar-refractivity contribution in [1.82, 2.24) is 0 Å². The zero-order valence-electron chi connectivity index (χ0n) is 13.0. The number of hydrogen-bond donors (Lipinski definition) is 1. The van der Waals surface area contributed by atoms with Crippen molar-refractivity contribution in [2.24, 2.45) is 0 Å². The Hall–Kier alpha value is -2.09. The molecule has 0 aromatic heterocycles. The van der Waals surface area contributed by atoms with Gasteiger partial charge in [0.15, 0.2) is 16.4 Å². The molecule has 0 aliphatic heterocycles. The van der Waals surface area contributed by atoms with Crippen molar-refractivity contribution < 1.29 is 22.7 Å². The van der Waals surface area contributed by atoms with E-state index in [1.165, 1.54) is 42.5 Å². The molecule has 0 aliphatic rings. The molecule has 0 heterocycles. The second kappa shape index (κ2) is 7.86. The lowest BCUT2D eigenvalue weighted by molar-refractivity contribution is -0.119. The molecule has 1 N–H and O–H groups in total. The average Bonchev–Trinajstić information content (AvgIpc) is 2.50. The molecule has 25 heavy (non-hydrogen) atoms. The van der Waals surface area contributed by atoms with E-state index in [0.717, 1.165) is 6.26 Å². The molecule has 0 unspecified atom stereocenters. The van der Waals surface area contributed by atoms with E-state index in [9.17, 15) is 18.0 Å². The maximum absolute atomic E-state index is 12.1. The number of amides is 1. The Balaban J connectivity index is 2.04. The van der Waals surface area contributed by atoms with Crippen LogP contribution in [0.25, 0.3) is 0 Å². The topological polar surface area (TPSA) is 89.5 Å². The third-order valence-electron chi connectivity index (χ3n) is 2.99. The van der Waals surface area contributed by atoms with Gasteiger partial charge in [-0.05, 0) is 30.3 Å². The molecular formula is C16H13Cl2NO5S. The maximum Gasteiger partial charge on any atom is 0.339 e. The summed E-state index contributed by atoms with van der Waals surface area (Å²) in [5, 5.41) is 3.14. The molecular weight excluding hydrogens is 389 g/mol. The first-order valence-corrected chi connectivity index (χ1v) is 9.54. The van der Waals surface area contributed by atoms with E-state index in [1.54, 1.807) is 0 Å². The van der Waals surface area contributed by atoms with Gasteiger partial charge in [0, 0.05) is 22.0 Å². The van der Waals surface area contributed by atoms with Crippen LogP contribution in [0.15, 0.2) is 47.4 Å². The van der Waals surface area contributed by atoms with Gasteiger partial charge in [0.1, 0.15) is 0 Å². The van der Waals surface area contributed by atoms with Crippen LogP contribution < -0.4 is 5.32 Å². The van der Waals surface area contributed by atoms with Gasteiger partial charge in [0.05, 0.1) is 10.5 Å². The van der Waals surface area contributed by atoms with Crippen LogP contribution in [0.1, 0.15) is 10.4 Å². The summed E-state index contributed by atoms with van der Waals surface area (Å²) in [7, 11) is -3.61. The van der Waals surface area contributed by atoms with Crippen LogP contribution >= 0.6 is 23.2 Å². The van der Waals surface area contributed by atoms with Crippen molar-refractivity contribution in [1.29, 1.82) is 0 Å². The van der Waals surface area contributed by atoms with Crippen LogP contribution in [0.2, 0.25) is 10.0 Å². The van der Waals surface area contributed by atoms with Crippen LogP contribution in [0.5, 0.6) is 0 Å². The molecule has 132 valence electrons. The summed E-state index contributed by atoms with van der Waals surface area (Å²) < 4.78 is 28.3. The van der Waals surface area contributed by atoms with E-state index < -0.39 is 28.3 Å². The fourth-order valence-corrected chi connectivity index (χ4v) is 3.39. The highest BCUT2D eigenvalue weighted by Crippen LogP contribution is 2.22. The van der Waals surface area contributed by atoms with Gasteiger partial charge in [0.25, 0.3) is 5.91 Å². The lowest BCUT2D eigenvalue weighted by atomic mass is 10.2. The number of carbonyl (C=O) groups is 2. The molecule has 0 bridgehead atoms. The van der Waals surface area contributed by atoms with E-state index in [-0.39, 0.29) is 10.5 Å². The van der Waals surface area contributed by atoms with E-state index in [4.69, 9.17) is 27.9 Å². The van der Waals surface area contributed by atoms with E-state index in [0.29, 0.717) is 15.7 Å². The number of esters is 1. The summed E-state index contributed by atoms with van der Waals surface area (Å²) >= 11 is 11.6. The summed E-state index contributed by atoms with van der Waals surface area (Å²) in [6.45, 7) is -0.596. The van der Waals surface area contributed by atoms with Crippen LogP contribution in [0, 0.1) is 0 Å². The number of halogens is 2. The Morgan fingerprint density at radius 3 is 2.28 bits per heavy atom. The number of nitrogens with one attached hydrogen (secondary N) is 1. The molecule has 2 aromatic carbocycles. The molecule has 0 spiro atoms. The van der Waals surface area contributed by atoms with Crippen molar-refractivity contribution in [2.75, 3.05) is 18.2 Å². The summed E-state index contributed by atoms with van der Waals surface area (Å²) in [5.41, 5.74) is 0.207. The highest BCUT2D eigenvalue weighted by atomic mass is 35.5. The molecule has 2 aromatic rings. The van der Waals surface area contributed by atoms with Crippen molar-refractivity contribution in [2.45, 2.75) is 4.90 Å². The Morgan fingerprint density at radius 2 is 1.68 bits per heavy atom. The van der Waals surface area contributed by atoms with Gasteiger partial charge in [0.2, 0.25) is 0 Å². The second-order valence-corrected chi connectivity index (χ2v) is 7.91. The number of ether oxygens (including phenoxy) is 1. The van der Waals surface area contributed by atoms with E-state index >= 15 is 0 Å². The third-order valence-corrected chi connectivity index (χ3v) is 4.58. The molecule has 0 fully saturated rings. The molecule has 1 amide bonds. The summed E-state index contributed by atoms with van der Waals surface area (Å²) in [5.74, 6) is -1.54. The minimum absolute atomic E-state index is 0.136. The predicted octanol–water partition coefficient (Wildman–Crippen LogP) is 3.19. The monoisotopic (exact) mass is 401 g/mol. The Kier molecular flexibility index (Phi) is 6.05. The fraction of sp³-hybridized carbons (Fsp3) is 0.125. The van der Waals surface area contributed by atoms with Gasteiger partial charge < -0.3 is 10.1 Å². The number of sulfone groups is 1. The van der Waals surface area contributed by atoms with Crippen molar-refractivity contribution >= 4 is 50.6 Å². The summed E-state index contributed by atoms with van der Waals surface area (Å²) in [6, 6.07) is 10.1. The highest BCUT2D eigenvalue weighted by Gasteiger charge is 2.20. The molecule has 0 aliphatic carbocycles. The largest absolute Gasteiger partial charge is 0.452 e. The minimum Gasteiger partial charge on any atom is -0.452 e. The van der Waals surface area contributed by atoms with Crippen LogP contribution in [-0.2, 0) is 19.4 Å². The van der Waals surface area contributed by atoms with Crippen LogP contribution in [0.4, 0.5) is 5.69 Å². The molecule has 6 nitrogen and oxygen atoms in total. The van der Waals surface area contributed by atoms with Gasteiger partial charge in [-0.1, -0.05) is 35.3 Å². The van der Waals surface area contributed by atoms with Crippen LogP contribution in [0.3, 0.4) is 0 Å². The molecule has 9 heteroatoms. The van der Waals surface area contributed by atoms with E-state index in [1.807, 2.05) is 0 Å². The van der Waals surface area contributed by atoms with Gasteiger partial charge >= 0.3 is 5.97 Å². The highest BCUT2D eigenvalue weighted by molar-refractivity contribution is 7.90. The number of benzene rings is 2. The number of rotatable bonds is 5. The lowest BCUT2D eigenvalue weighted by Crippen LogP contribution is -2.21. The molecule has 0 atom stereocenters. The summed E-state index contributed by atoms with van der Waals surface area (Å²) in [4.78, 5) is 23.8. The van der Waals surface area contributed by atoms with Crippen molar-refractivity contribution in [3.05, 3.63) is 58.1 Å². The van der Waals surface area contributed by atoms with Crippen LogP contribution in [-0.4, -0.2) is 33.2 Å². The average molecular weight is 402 g/mol. The predicted molar refractivity (Wildman–Crippen MR) is 94.9 cm³/mol. The number of anilines is 1. The number of hydrogen-bond acceptors (Lipinski definition) is 5. The second-order valence-electron chi connectivity index (χ2n) is 5.05. The molecule has 0 saturated heterocycles. The number of carbonyl (C=O) groups excluding carboxylic acids is 2.